The number of pyridine rings is 2. The Hall–Kier alpha value is -3.85. The Kier molecular flexibility index (Phi) is 5.24. The molecule has 1 aromatic carbocycles. The molecule has 0 unspecified atom stereocenters. The van der Waals surface area contributed by atoms with Crippen molar-refractivity contribution in [3.8, 4) is 17.3 Å². The van der Waals surface area contributed by atoms with Gasteiger partial charge in [0.2, 0.25) is 5.82 Å². The summed E-state index contributed by atoms with van der Waals surface area (Å²) >= 11 is 0. The smallest absolute Gasteiger partial charge is 0.260 e. The number of carbonyl (C=O) groups is 1. The average molecular weight is 417 g/mol. The summed E-state index contributed by atoms with van der Waals surface area (Å²) in [4.78, 5) is 27.4. The van der Waals surface area contributed by atoms with Gasteiger partial charge in [-0.2, -0.15) is 4.98 Å². The molecule has 1 amide bonds. The second kappa shape index (κ2) is 8.49. The lowest BCUT2D eigenvalue weighted by molar-refractivity contribution is -0.142. The highest BCUT2D eigenvalue weighted by Gasteiger charge is 2.30. The van der Waals surface area contributed by atoms with Crippen molar-refractivity contribution in [3.63, 3.8) is 0 Å². The van der Waals surface area contributed by atoms with Gasteiger partial charge in [-0.15, -0.1) is 0 Å². The third-order valence-corrected chi connectivity index (χ3v) is 4.98. The number of hydrogen-bond acceptors (Lipinski definition) is 8. The van der Waals surface area contributed by atoms with Gasteiger partial charge in [-0.05, 0) is 24.3 Å². The van der Waals surface area contributed by atoms with E-state index in [2.05, 4.69) is 20.1 Å². The molecular formula is C22H19N5O4. The molecule has 0 radical (unpaired) electrons. The standard InChI is InChI=1S/C22H19N5O4/c28-19(14-30-17-8-3-5-15-6-4-10-24-20(15)17)27-11-12-29-18(13-27)22-25-21(26-31-22)16-7-1-2-9-23-16/h1-10,18H,11-14H2/t18-/m0/s1. The van der Waals surface area contributed by atoms with Gasteiger partial charge < -0.3 is 18.9 Å². The Morgan fingerprint density at radius 3 is 2.90 bits per heavy atom. The number of amides is 1. The van der Waals surface area contributed by atoms with E-state index in [1.165, 1.54) is 0 Å². The highest BCUT2D eigenvalue weighted by atomic mass is 16.5. The van der Waals surface area contributed by atoms with Crippen molar-refractivity contribution in [2.75, 3.05) is 26.3 Å². The summed E-state index contributed by atoms with van der Waals surface area (Å²) in [6.45, 7) is 1.05. The van der Waals surface area contributed by atoms with Crippen molar-refractivity contribution in [2.45, 2.75) is 6.10 Å². The van der Waals surface area contributed by atoms with E-state index in [4.69, 9.17) is 14.0 Å². The van der Waals surface area contributed by atoms with Crippen LogP contribution >= 0.6 is 0 Å². The molecule has 3 aromatic heterocycles. The predicted octanol–water partition coefficient (Wildman–Crippen LogP) is 2.66. The Morgan fingerprint density at radius 1 is 1.10 bits per heavy atom. The first-order valence-electron chi connectivity index (χ1n) is 9.89. The third kappa shape index (κ3) is 4.08. The number of morpholine rings is 1. The zero-order chi connectivity index (χ0) is 21.0. The summed E-state index contributed by atoms with van der Waals surface area (Å²) in [5.41, 5.74) is 1.34. The van der Waals surface area contributed by atoms with Crippen LogP contribution in [-0.4, -0.2) is 57.2 Å². The molecule has 0 bridgehead atoms. The number of para-hydroxylation sites is 1. The molecule has 0 N–H and O–H groups in total. The van der Waals surface area contributed by atoms with Crippen molar-refractivity contribution in [3.05, 3.63) is 66.8 Å². The first kappa shape index (κ1) is 19.1. The molecule has 4 aromatic rings. The zero-order valence-corrected chi connectivity index (χ0v) is 16.5. The maximum atomic E-state index is 12.8. The van der Waals surface area contributed by atoms with Crippen LogP contribution in [-0.2, 0) is 9.53 Å². The second-order valence-corrected chi connectivity index (χ2v) is 6.99. The SMILES string of the molecule is O=C(COc1cccc2cccnc12)N1CCO[C@H](c2nc(-c3ccccn3)no2)C1. The van der Waals surface area contributed by atoms with Crippen molar-refractivity contribution in [1.82, 2.24) is 25.0 Å². The van der Waals surface area contributed by atoms with Crippen LogP contribution in [0, 0.1) is 0 Å². The number of ether oxygens (including phenoxy) is 2. The molecule has 1 saturated heterocycles. The van der Waals surface area contributed by atoms with Crippen molar-refractivity contribution in [2.24, 2.45) is 0 Å². The van der Waals surface area contributed by atoms with Crippen LogP contribution in [0.2, 0.25) is 0 Å². The summed E-state index contributed by atoms with van der Waals surface area (Å²) in [5.74, 6) is 1.13. The fourth-order valence-electron chi connectivity index (χ4n) is 3.41. The Labute approximate surface area is 177 Å². The second-order valence-electron chi connectivity index (χ2n) is 6.99. The minimum absolute atomic E-state index is 0.0918. The summed E-state index contributed by atoms with van der Waals surface area (Å²) < 4.78 is 16.9. The van der Waals surface area contributed by atoms with Crippen LogP contribution in [0.4, 0.5) is 0 Å². The minimum atomic E-state index is -0.498. The normalized spacial score (nSPS) is 16.4. The Balaban J connectivity index is 1.24. The fraction of sp³-hybridized carbons (Fsp3) is 0.227. The highest BCUT2D eigenvalue weighted by Crippen LogP contribution is 2.25. The van der Waals surface area contributed by atoms with Gasteiger partial charge in [-0.3, -0.25) is 14.8 Å². The zero-order valence-electron chi connectivity index (χ0n) is 16.5. The molecule has 0 spiro atoms. The van der Waals surface area contributed by atoms with Crippen LogP contribution in [0.3, 0.4) is 0 Å². The molecule has 9 heteroatoms. The number of nitrogens with zero attached hydrogens (tertiary/aromatic N) is 5. The Bertz CT molecular complexity index is 1190. The van der Waals surface area contributed by atoms with E-state index in [1.54, 1.807) is 23.4 Å². The molecule has 1 aliphatic heterocycles. The van der Waals surface area contributed by atoms with E-state index in [1.807, 2.05) is 42.5 Å². The van der Waals surface area contributed by atoms with Gasteiger partial charge >= 0.3 is 0 Å². The van der Waals surface area contributed by atoms with Gasteiger partial charge in [0.15, 0.2) is 12.7 Å². The molecule has 156 valence electrons. The van der Waals surface area contributed by atoms with E-state index >= 15 is 0 Å². The van der Waals surface area contributed by atoms with Gasteiger partial charge in [0, 0.05) is 24.3 Å². The van der Waals surface area contributed by atoms with Crippen LogP contribution in [0.15, 0.2) is 65.4 Å². The largest absolute Gasteiger partial charge is 0.481 e. The van der Waals surface area contributed by atoms with Crippen molar-refractivity contribution < 1.29 is 18.8 Å². The van der Waals surface area contributed by atoms with Crippen LogP contribution in [0.1, 0.15) is 12.0 Å². The van der Waals surface area contributed by atoms with Crippen molar-refractivity contribution >= 4 is 16.8 Å². The maximum Gasteiger partial charge on any atom is 0.260 e. The van der Waals surface area contributed by atoms with Crippen LogP contribution in [0.25, 0.3) is 22.4 Å². The number of hydrogen-bond donors (Lipinski definition) is 0. The monoisotopic (exact) mass is 417 g/mol. The van der Waals surface area contributed by atoms with Gasteiger partial charge in [0.1, 0.15) is 17.0 Å². The molecular weight excluding hydrogens is 398 g/mol. The molecule has 31 heavy (non-hydrogen) atoms. The van der Waals surface area contributed by atoms with E-state index < -0.39 is 6.10 Å². The van der Waals surface area contributed by atoms with Gasteiger partial charge in [0.05, 0.1) is 13.2 Å². The van der Waals surface area contributed by atoms with Gasteiger partial charge in [-0.1, -0.05) is 29.4 Å². The Morgan fingerprint density at radius 2 is 2.00 bits per heavy atom. The summed E-state index contributed by atoms with van der Waals surface area (Å²) in [6, 6.07) is 14.9. The van der Waals surface area contributed by atoms with Gasteiger partial charge in [0.25, 0.3) is 11.8 Å². The first-order valence-corrected chi connectivity index (χ1v) is 9.89. The molecule has 1 aliphatic rings. The number of aromatic nitrogens is 4. The van der Waals surface area contributed by atoms with E-state index in [0.717, 1.165) is 10.9 Å². The number of fused-ring (bicyclic) bond motifs is 1. The molecule has 5 rings (SSSR count). The quantitative estimate of drug-likeness (QED) is 0.488. The highest BCUT2D eigenvalue weighted by molar-refractivity contribution is 5.85. The third-order valence-electron chi connectivity index (χ3n) is 4.98. The predicted molar refractivity (Wildman–Crippen MR) is 110 cm³/mol. The lowest BCUT2D eigenvalue weighted by Crippen LogP contribution is -2.44. The van der Waals surface area contributed by atoms with Crippen LogP contribution < -0.4 is 4.74 Å². The molecule has 0 aliphatic carbocycles. The average Bonchev–Trinajstić information content (AvgIpc) is 3.34. The maximum absolute atomic E-state index is 12.8. The number of carbonyl (C=O) groups excluding carboxylic acids is 1. The molecule has 4 heterocycles. The van der Waals surface area contributed by atoms with Gasteiger partial charge in [-0.25, -0.2) is 0 Å². The van der Waals surface area contributed by atoms with Crippen molar-refractivity contribution in [1.29, 1.82) is 0 Å². The summed E-state index contributed by atoms with van der Waals surface area (Å²) in [6.07, 6.45) is 2.86. The fourth-order valence-corrected chi connectivity index (χ4v) is 3.41. The summed E-state index contributed by atoms with van der Waals surface area (Å²) in [5, 5.41) is 4.93. The van der Waals surface area contributed by atoms with E-state index in [-0.39, 0.29) is 12.5 Å². The van der Waals surface area contributed by atoms with E-state index in [0.29, 0.717) is 42.9 Å². The minimum Gasteiger partial charge on any atom is -0.481 e. The molecule has 9 nitrogen and oxygen atoms in total. The molecule has 1 atom stereocenters. The van der Waals surface area contributed by atoms with E-state index in [9.17, 15) is 4.79 Å². The molecule has 0 saturated carbocycles. The molecule has 1 fully saturated rings. The topological polar surface area (TPSA) is 103 Å². The summed E-state index contributed by atoms with van der Waals surface area (Å²) in [7, 11) is 0. The first-order chi connectivity index (χ1) is 15.3. The number of benzene rings is 1. The lowest BCUT2D eigenvalue weighted by atomic mass is 10.2. The number of rotatable bonds is 5. The lowest BCUT2D eigenvalue weighted by Gasteiger charge is -2.31. The van der Waals surface area contributed by atoms with Crippen LogP contribution in [0.5, 0.6) is 5.75 Å².